The van der Waals surface area contributed by atoms with Crippen LogP contribution < -0.4 is 5.32 Å². The van der Waals surface area contributed by atoms with E-state index >= 15 is 0 Å². The lowest BCUT2D eigenvalue weighted by atomic mass is 10.3. The zero-order chi connectivity index (χ0) is 12.1. The number of amides is 1. The van der Waals surface area contributed by atoms with Crippen molar-refractivity contribution in [2.45, 2.75) is 13.0 Å². The Balaban J connectivity index is 2.80. The summed E-state index contributed by atoms with van der Waals surface area (Å²) in [6.45, 7) is 1.68. The van der Waals surface area contributed by atoms with E-state index in [4.69, 9.17) is 5.11 Å². The molecule has 0 aromatic carbocycles. The molecule has 88 valence electrons. The maximum Gasteiger partial charge on any atom is 0.274 e. The van der Waals surface area contributed by atoms with Crippen LogP contribution in [0.2, 0.25) is 0 Å². The summed E-state index contributed by atoms with van der Waals surface area (Å²) in [7, 11) is 3.35. The Kier molecular flexibility index (Phi) is 4.19. The SMILES string of the molecule is CNc1cnc(C(=O)N(C)C(C)CO)cn1. The Morgan fingerprint density at radius 2 is 2.25 bits per heavy atom. The third-order valence-electron chi connectivity index (χ3n) is 2.37. The second-order valence-corrected chi connectivity index (χ2v) is 3.48. The minimum atomic E-state index is -0.253. The number of carbonyl (C=O) groups excluding carboxylic acids is 1. The number of hydrogen-bond acceptors (Lipinski definition) is 5. The van der Waals surface area contributed by atoms with Crippen LogP contribution in [0.3, 0.4) is 0 Å². The predicted octanol–water partition coefficient (Wildman–Crippen LogP) is -0.0289. The van der Waals surface area contributed by atoms with Gasteiger partial charge in [-0.25, -0.2) is 9.97 Å². The molecule has 0 aliphatic carbocycles. The highest BCUT2D eigenvalue weighted by Crippen LogP contribution is 2.05. The fraction of sp³-hybridized carbons (Fsp3) is 0.500. The number of likely N-dealkylation sites (N-methyl/N-ethyl adjacent to an activating group) is 1. The van der Waals surface area contributed by atoms with E-state index in [1.807, 2.05) is 0 Å². The van der Waals surface area contributed by atoms with Gasteiger partial charge in [0, 0.05) is 14.1 Å². The summed E-state index contributed by atoms with van der Waals surface area (Å²) < 4.78 is 0. The standard InChI is InChI=1S/C10H16N4O2/c1-7(6-15)14(3)10(16)8-4-13-9(11-2)5-12-8/h4-5,7,15H,6H2,1-3H3,(H,11,13). The van der Waals surface area contributed by atoms with E-state index in [0.717, 1.165) is 0 Å². The quantitative estimate of drug-likeness (QED) is 0.751. The summed E-state index contributed by atoms with van der Waals surface area (Å²) in [4.78, 5) is 21.3. The molecule has 0 fully saturated rings. The molecule has 1 aromatic heterocycles. The molecular weight excluding hydrogens is 208 g/mol. The minimum Gasteiger partial charge on any atom is -0.394 e. The van der Waals surface area contributed by atoms with Crippen molar-refractivity contribution in [2.24, 2.45) is 0 Å². The summed E-state index contributed by atoms with van der Waals surface area (Å²) in [5.74, 6) is 0.353. The van der Waals surface area contributed by atoms with Crippen LogP contribution in [0.1, 0.15) is 17.4 Å². The Morgan fingerprint density at radius 3 is 2.69 bits per heavy atom. The van der Waals surface area contributed by atoms with Crippen LogP contribution in [0.5, 0.6) is 0 Å². The zero-order valence-corrected chi connectivity index (χ0v) is 9.64. The van der Waals surface area contributed by atoms with Gasteiger partial charge in [-0.05, 0) is 6.92 Å². The highest BCUT2D eigenvalue weighted by atomic mass is 16.3. The molecule has 1 amide bonds. The molecule has 1 atom stereocenters. The molecule has 0 aliphatic heterocycles. The number of anilines is 1. The van der Waals surface area contributed by atoms with Gasteiger partial charge in [0.05, 0.1) is 25.0 Å². The highest BCUT2D eigenvalue weighted by Gasteiger charge is 2.18. The van der Waals surface area contributed by atoms with Crippen molar-refractivity contribution in [1.82, 2.24) is 14.9 Å². The topological polar surface area (TPSA) is 78.4 Å². The largest absolute Gasteiger partial charge is 0.394 e. The molecule has 0 spiro atoms. The minimum absolute atomic E-state index is 0.0791. The van der Waals surface area contributed by atoms with Gasteiger partial charge in [0.1, 0.15) is 11.5 Å². The van der Waals surface area contributed by atoms with Gasteiger partial charge in [0.2, 0.25) is 0 Å². The van der Waals surface area contributed by atoms with Crippen LogP contribution in [-0.4, -0.2) is 52.6 Å². The molecule has 0 aliphatic rings. The third kappa shape index (κ3) is 2.66. The van der Waals surface area contributed by atoms with Gasteiger partial charge >= 0.3 is 0 Å². The molecule has 6 heteroatoms. The first-order valence-corrected chi connectivity index (χ1v) is 4.98. The Hall–Kier alpha value is -1.69. The van der Waals surface area contributed by atoms with Gasteiger partial charge in [0.15, 0.2) is 0 Å². The normalized spacial score (nSPS) is 12.0. The summed E-state index contributed by atoms with van der Waals surface area (Å²) in [5.41, 5.74) is 0.266. The molecule has 1 aromatic rings. The molecular formula is C10H16N4O2. The van der Waals surface area contributed by atoms with E-state index in [1.165, 1.54) is 17.3 Å². The first kappa shape index (κ1) is 12.4. The molecule has 1 unspecified atom stereocenters. The van der Waals surface area contributed by atoms with Gasteiger partial charge in [0.25, 0.3) is 5.91 Å². The van der Waals surface area contributed by atoms with Crippen molar-refractivity contribution in [3.05, 3.63) is 18.1 Å². The predicted molar refractivity (Wildman–Crippen MR) is 60.2 cm³/mol. The smallest absolute Gasteiger partial charge is 0.274 e. The maximum absolute atomic E-state index is 11.8. The van der Waals surface area contributed by atoms with E-state index in [1.54, 1.807) is 21.0 Å². The van der Waals surface area contributed by atoms with E-state index in [-0.39, 0.29) is 24.2 Å². The van der Waals surface area contributed by atoms with Gasteiger partial charge in [-0.3, -0.25) is 4.79 Å². The lowest BCUT2D eigenvalue weighted by Crippen LogP contribution is -2.37. The molecule has 0 saturated carbocycles. The van der Waals surface area contributed by atoms with E-state index in [9.17, 15) is 4.79 Å². The fourth-order valence-corrected chi connectivity index (χ4v) is 1.07. The van der Waals surface area contributed by atoms with Crippen LogP contribution in [0.15, 0.2) is 12.4 Å². The number of aliphatic hydroxyl groups excluding tert-OH is 1. The monoisotopic (exact) mass is 224 g/mol. The number of rotatable bonds is 4. The molecule has 16 heavy (non-hydrogen) atoms. The average molecular weight is 224 g/mol. The maximum atomic E-state index is 11.8. The summed E-state index contributed by atoms with van der Waals surface area (Å²) >= 11 is 0. The average Bonchev–Trinajstić information content (AvgIpc) is 2.36. The molecule has 2 N–H and O–H groups in total. The van der Waals surface area contributed by atoms with Crippen molar-refractivity contribution >= 4 is 11.7 Å². The first-order valence-electron chi connectivity index (χ1n) is 4.98. The van der Waals surface area contributed by atoms with Crippen molar-refractivity contribution in [1.29, 1.82) is 0 Å². The van der Waals surface area contributed by atoms with Crippen LogP contribution in [0.25, 0.3) is 0 Å². The van der Waals surface area contributed by atoms with E-state index < -0.39 is 0 Å². The van der Waals surface area contributed by atoms with Crippen LogP contribution >= 0.6 is 0 Å². The number of aliphatic hydroxyl groups is 1. The lowest BCUT2D eigenvalue weighted by molar-refractivity contribution is 0.0676. The van der Waals surface area contributed by atoms with E-state index in [2.05, 4.69) is 15.3 Å². The van der Waals surface area contributed by atoms with Gasteiger partial charge in [-0.2, -0.15) is 0 Å². The zero-order valence-electron chi connectivity index (χ0n) is 9.64. The first-order chi connectivity index (χ1) is 7.60. The summed E-state index contributed by atoms with van der Waals surface area (Å²) in [6, 6.07) is -0.238. The Morgan fingerprint density at radius 1 is 1.56 bits per heavy atom. The molecule has 1 heterocycles. The number of aromatic nitrogens is 2. The van der Waals surface area contributed by atoms with Crippen molar-refractivity contribution in [2.75, 3.05) is 26.0 Å². The van der Waals surface area contributed by atoms with Crippen LogP contribution in [0, 0.1) is 0 Å². The number of nitrogens with zero attached hydrogens (tertiary/aromatic N) is 3. The van der Waals surface area contributed by atoms with Crippen molar-refractivity contribution in [3.63, 3.8) is 0 Å². The summed E-state index contributed by atoms with van der Waals surface area (Å²) in [5, 5.41) is 11.8. The second-order valence-electron chi connectivity index (χ2n) is 3.48. The van der Waals surface area contributed by atoms with Gasteiger partial charge < -0.3 is 15.3 Å². The number of nitrogens with one attached hydrogen (secondary N) is 1. The molecule has 1 rings (SSSR count). The summed E-state index contributed by atoms with van der Waals surface area (Å²) in [6.07, 6.45) is 2.90. The molecule has 0 radical (unpaired) electrons. The molecule has 0 saturated heterocycles. The van der Waals surface area contributed by atoms with E-state index in [0.29, 0.717) is 5.82 Å². The van der Waals surface area contributed by atoms with Gasteiger partial charge in [-0.15, -0.1) is 0 Å². The Bertz CT molecular complexity index is 352. The molecule has 0 bridgehead atoms. The number of carbonyl (C=O) groups is 1. The fourth-order valence-electron chi connectivity index (χ4n) is 1.07. The third-order valence-corrected chi connectivity index (χ3v) is 2.37. The van der Waals surface area contributed by atoms with Gasteiger partial charge in [-0.1, -0.05) is 0 Å². The van der Waals surface area contributed by atoms with Crippen LogP contribution in [0.4, 0.5) is 5.82 Å². The second kappa shape index (κ2) is 5.41. The van der Waals surface area contributed by atoms with Crippen LogP contribution in [-0.2, 0) is 0 Å². The lowest BCUT2D eigenvalue weighted by Gasteiger charge is -2.22. The van der Waals surface area contributed by atoms with Crippen molar-refractivity contribution in [3.8, 4) is 0 Å². The molecule has 6 nitrogen and oxygen atoms in total. The van der Waals surface area contributed by atoms with Crippen molar-refractivity contribution < 1.29 is 9.90 Å². The number of hydrogen-bond donors (Lipinski definition) is 2. The highest BCUT2D eigenvalue weighted by molar-refractivity contribution is 5.92. The Labute approximate surface area is 94.3 Å².